The average molecular weight is 811 g/mol. The van der Waals surface area contributed by atoms with Crippen molar-refractivity contribution in [2.75, 3.05) is 159 Å². The lowest BCUT2D eigenvalue weighted by Crippen LogP contribution is -2.16. The van der Waals surface area contributed by atoms with Crippen LogP contribution in [0.4, 0.5) is 22.0 Å². The van der Waals surface area contributed by atoms with Crippen molar-refractivity contribution in [3.05, 3.63) is 29.1 Å². The number of unbranched alkanes of at least 4 members (excludes halogenated alkanes) is 2. The maximum absolute atomic E-state index is 13.6. The molecule has 322 valence electrons. The molecule has 19 heteroatoms. The van der Waals surface area contributed by atoms with E-state index in [2.05, 4.69) is 11.7 Å². The van der Waals surface area contributed by atoms with Crippen LogP contribution in [0.25, 0.3) is 0 Å². The van der Waals surface area contributed by atoms with E-state index in [0.29, 0.717) is 126 Å². The van der Waals surface area contributed by atoms with E-state index in [1.807, 2.05) is 0 Å². The van der Waals surface area contributed by atoms with Gasteiger partial charge in [-0.25, -0.2) is 13.2 Å². The summed E-state index contributed by atoms with van der Waals surface area (Å²) in [7, 11) is 0. The van der Waals surface area contributed by atoms with Crippen molar-refractivity contribution >= 4 is 5.97 Å². The monoisotopic (exact) mass is 810 g/mol. The lowest BCUT2D eigenvalue weighted by atomic mass is 10.2. The SMILES string of the molecule is CCCCCOCCOCCOCCOCCOCCOCCOCCOCCOCCOCCOCCOCCC(=O)Oc1c(F)c(F)c(F)c(F)c1F. The van der Waals surface area contributed by atoms with Crippen molar-refractivity contribution < 1.29 is 88.3 Å². The third-order valence-corrected chi connectivity index (χ3v) is 6.82. The summed E-state index contributed by atoms with van der Waals surface area (Å²) in [6.07, 6.45) is 3.00. The first-order chi connectivity index (χ1) is 26.9. The van der Waals surface area contributed by atoms with E-state index < -0.39 is 47.2 Å². The van der Waals surface area contributed by atoms with Crippen LogP contribution in [0.1, 0.15) is 32.6 Å². The summed E-state index contributed by atoms with van der Waals surface area (Å²) in [4.78, 5) is 11.7. The molecule has 14 nitrogen and oxygen atoms in total. The Hall–Kier alpha value is -2.14. The van der Waals surface area contributed by atoms with Crippen LogP contribution >= 0.6 is 0 Å². The summed E-state index contributed by atoms with van der Waals surface area (Å²) in [5.74, 6) is -14.1. The number of carbonyl (C=O) groups is 1. The summed E-state index contributed by atoms with van der Waals surface area (Å²) in [5.41, 5.74) is 0. The molecule has 1 rings (SSSR count). The Labute approximate surface area is 320 Å². The van der Waals surface area contributed by atoms with Gasteiger partial charge in [-0.15, -0.1) is 0 Å². The van der Waals surface area contributed by atoms with Crippen LogP contribution in [0.3, 0.4) is 0 Å². The maximum Gasteiger partial charge on any atom is 0.313 e. The van der Waals surface area contributed by atoms with Crippen molar-refractivity contribution in [2.45, 2.75) is 32.6 Å². The lowest BCUT2D eigenvalue weighted by Gasteiger charge is -2.09. The predicted molar refractivity (Wildman–Crippen MR) is 186 cm³/mol. The van der Waals surface area contributed by atoms with Gasteiger partial charge < -0.3 is 61.6 Å². The topological polar surface area (TPSA) is 137 Å². The van der Waals surface area contributed by atoms with Crippen LogP contribution in [-0.2, 0) is 61.6 Å². The molecule has 0 fully saturated rings. The zero-order valence-electron chi connectivity index (χ0n) is 31.9. The van der Waals surface area contributed by atoms with E-state index in [9.17, 15) is 26.7 Å². The molecular weight excluding hydrogens is 751 g/mol. The fourth-order valence-electron chi connectivity index (χ4n) is 3.97. The highest BCUT2D eigenvalue weighted by molar-refractivity contribution is 5.72. The van der Waals surface area contributed by atoms with E-state index in [4.69, 9.17) is 56.8 Å². The zero-order valence-corrected chi connectivity index (χ0v) is 31.9. The maximum atomic E-state index is 13.6. The smallest absolute Gasteiger partial charge is 0.313 e. The molecular formula is C36H59F5O14. The van der Waals surface area contributed by atoms with Gasteiger partial charge >= 0.3 is 5.97 Å². The molecule has 1 aromatic rings. The van der Waals surface area contributed by atoms with Crippen molar-refractivity contribution in [1.82, 2.24) is 0 Å². The van der Waals surface area contributed by atoms with Gasteiger partial charge in [-0.1, -0.05) is 19.8 Å². The molecule has 0 saturated carbocycles. The first-order valence-corrected chi connectivity index (χ1v) is 18.5. The molecule has 0 amide bonds. The van der Waals surface area contributed by atoms with Crippen LogP contribution in [0.15, 0.2) is 0 Å². The molecule has 55 heavy (non-hydrogen) atoms. The second kappa shape index (κ2) is 37.4. The summed E-state index contributed by atoms with van der Waals surface area (Å²) >= 11 is 0. The van der Waals surface area contributed by atoms with Crippen molar-refractivity contribution in [3.63, 3.8) is 0 Å². The minimum Gasteiger partial charge on any atom is -0.420 e. The molecule has 0 spiro atoms. The standard InChI is InChI=1S/C36H59F5O14/c1-2-3-4-6-43-8-10-45-12-14-47-16-18-49-20-22-51-24-26-53-28-29-54-27-25-52-23-21-50-19-17-48-15-13-46-11-9-44-7-5-30(42)55-36-34(40)32(38)31(37)33(39)35(36)41/h2-29H2,1H3. The number of hydrogen-bond donors (Lipinski definition) is 0. The molecule has 0 saturated heterocycles. The Bertz CT molecular complexity index is 1030. The Morgan fingerprint density at radius 2 is 0.582 bits per heavy atom. The van der Waals surface area contributed by atoms with Crippen molar-refractivity contribution in [3.8, 4) is 5.75 Å². The summed E-state index contributed by atoms with van der Waals surface area (Å²) in [5, 5.41) is 0. The molecule has 0 aliphatic rings. The van der Waals surface area contributed by atoms with E-state index in [1.54, 1.807) is 0 Å². The number of ether oxygens (including phenoxy) is 13. The van der Waals surface area contributed by atoms with Gasteiger partial charge in [-0.2, -0.15) is 8.78 Å². The summed E-state index contributed by atoms with van der Waals surface area (Å²) in [6, 6.07) is 0. The Kier molecular flexibility index (Phi) is 34.6. The Morgan fingerprint density at radius 3 is 0.855 bits per heavy atom. The van der Waals surface area contributed by atoms with Gasteiger partial charge in [0.2, 0.25) is 34.8 Å². The largest absolute Gasteiger partial charge is 0.420 e. The van der Waals surface area contributed by atoms with E-state index in [0.717, 1.165) is 13.0 Å². The van der Waals surface area contributed by atoms with Gasteiger partial charge in [0.05, 0.1) is 158 Å². The second-order valence-corrected chi connectivity index (χ2v) is 11.2. The molecule has 0 unspecified atom stereocenters. The molecule has 0 N–H and O–H groups in total. The van der Waals surface area contributed by atoms with Crippen molar-refractivity contribution in [1.29, 1.82) is 0 Å². The van der Waals surface area contributed by atoms with Crippen LogP contribution < -0.4 is 4.74 Å². The summed E-state index contributed by atoms with van der Waals surface area (Å²) < 4.78 is 136. The van der Waals surface area contributed by atoms with Gasteiger partial charge in [0.15, 0.2) is 0 Å². The Morgan fingerprint density at radius 1 is 0.345 bits per heavy atom. The van der Waals surface area contributed by atoms with Crippen LogP contribution in [0.5, 0.6) is 5.75 Å². The van der Waals surface area contributed by atoms with Gasteiger partial charge in [-0.3, -0.25) is 4.79 Å². The van der Waals surface area contributed by atoms with Gasteiger partial charge in [-0.05, 0) is 6.42 Å². The zero-order chi connectivity index (χ0) is 40.0. The molecule has 1 aromatic carbocycles. The first-order valence-electron chi connectivity index (χ1n) is 18.5. The third-order valence-electron chi connectivity index (χ3n) is 6.82. The number of halogens is 5. The third kappa shape index (κ3) is 28.8. The molecule has 0 heterocycles. The Balaban J connectivity index is 1.71. The predicted octanol–water partition coefficient (Wildman–Crippen LogP) is 4.07. The number of hydrogen-bond acceptors (Lipinski definition) is 14. The quantitative estimate of drug-likeness (QED) is 0.0235. The fraction of sp³-hybridized carbons (Fsp3) is 0.806. The second-order valence-electron chi connectivity index (χ2n) is 11.2. The highest BCUT2D eigenvalue weighted by Crippen LogP contribution is 2.29. The number of esters is 1. The minimum absolute atomic E-state index is 0.0798. The lowest BCUT2D eigenvalue weighted by molar-refractivity contribution is -0.136. The molecule has 0 radical (unpaired) electrons. The minimum atomic E-state index is -2.35. The van der Waals surface area contributed by atoms with Crippen LogP contribution in [-0.4, -0.2) is 165 Å². The van der Waals surface area contributed by atoms with Gasteiger partial charge in [0, 0.05) is 6.61 Å². The molecule has 0 aliphatic carbocycles. The highest BCUT2D eigenvalue weighted by atomic mass is 19.2. The van der Waals surface area contributed by atoms with Crippen molar-refractivity contribution in [2.24, 2.45) is 0 Å². The number of carbonyl (C=O) groups excluding carboxylic acids is 1. The van der Waals surface area contributed by atoms with E-state index >= 15 is 0 Å². The van der Waals surface area contributed by atoms with Crippen LogP contribution in [0, 0.1) is 29.1 Å². The highest BCUT2D eigenvalue weighted by Gasteiger charge is 2.28. The number of benzene rings is 1. The van der Waals surface area contributed by atoms with E-state index in [1.165, 1.54) is 12.8 Å². The normalized spacial score (nSPS) is 11.5. The van der Waals surface area contributed by atoms with Crippen LogP contribution in [0.2, 0.25) is 0 Å². The van der Waals surface area contributed by atoms with Gasteiger partial charge in [0.1, 0.15) is 0 Å². The molecule has 0 atom stereocenters. The van der Waals surface area contributed by atoms with E-state index in [-0.39, 0.29) is 26.4 Å². The molecule has 0 bridgehead atoms. The summed E-state index contributed by atoms with van der Waals surface area (Å²) in [6.45, 7) is 12.1. The van der Waals surface area contributed by atoms with Gasteiger partial charge in [0.25, 0.3) is 0 Å². The average Bonchev–Trinajstić information content (AvgIpc) is 3.18. The fourth-order valence-corrected chi connectivity index (χ4v) is 3.97. The number of rotatable bonds is 41. The molecule has 0 aromatic heterocycles. The first kappa shape index (κ1) is 50.9. The molecule has 0 aliphatic heterocycles.